The molecule has 0 amide bonds. The fraction of sp³-hybridized carbons (Fsp3) is 0.333. The summed E-state index contributed by atoms with van der Waals surface area (Å²) in [5.74, 6) is -0.0711. The van der Waals surface area contributed by atoms with Crippen molar-refractivity contribution in [2.45, 2.75) is 26.3 Å². The first-order valence-electron chi connectivity index (χ1n) is 7.19. The summed E-state index contributed by atoms with van der Waals surface area (Å²) in [5.41, 5.74) is 3.55. The van der Waals surface area contributed by atoms with Crippen molar-refractivity contribution < 1.29 is 9.13 Å². The van der Waals surface area contributed by atoms with E-state index in [0.29, 0.717) is 0 Å². The van der Waals surface area contributed by atoms with Gasteiger partial charge in [0.2, 0.25) is 0 Å². The van der Waals surface area contributed by atoms with Crippen molar-refractivity contribution in [3.63, 3.8) is 0 Å². The molecule has 3 rings (SSSR count). The SMILES string of the molecule is COc1ccc(NC2c3ccccc3CC2(C)C)cc1F. The van der Waals surface area contributed by atoms with E-state index in [0.717, 1.165) is 12.1 Å². The first-order valence-corrected chi connectivity index (χ1v) is 7.19. The first kappa shape index (κ1) is 13.9. The number of fused-ring (bicyclic) bond motifs is 1. The lowest BCUT2D eigenvalue weighted by atomic mass is 9.85. The van der Waals surface area contributed by atoms with Crippen LogP contribution in [0.4, 0.5) is 10.1 Å². The smallest absolute Gasteiger partial charge is 0.167 e. The molecule has 1 aliphatic carbocycles. The van der Waals surface area contributed by atoms with Crippen LogP contribution in [-0.2, 0) is 6.42 Å². The van der Waals surface area contributed by atoms with Gasteiger partial charge < -0.3 is 10.1 Å². The Labute approximate surface area is 125 Å². The van der Waals surface area contributed by atoms with Gasteiger partial charge in [-0.1, -0.05) is 38.1 Å². The average molecular weight is 285 g/mol. The molecule has 0 saturated carbocycles. The van der Waals surface area contributed by atoms with E-state index in [9.17, 15) is 4.39 Å². The maximum atomic E-state index is 13.8. The van der Waals surface area contributed by atoms with Gasteiger partial charge in [0.05, 0.1) is 13.2 Å². The van der Waals surface area contributed by atoms with E-state index in [-0.39, 0.29) is 23.0 Å². The zero-order chi connectivity index (χ0) is 15.0. The van der Waals surface area contributed by atoms with Crippen LogP contribution in [0.2, 0.25) is 0 Å². The number of nitrogens with one attached hydrogen (secondary N) is 1. The highest BCUT2D eigenvalue weighted by atomic mass is 19.1. The third-order valence-corrected chi connectivity index (χ3v) is 4.26. The molecule has 3 heteroatoms. The molecular weight excluding hydrogens is 265 g/mol. The molecule has 0 fully saturated rings. The van der Waals surface area contributed by atoms with Crippen LogP contribution in [0.25, 0.3) is 0 Å². The zero-order valence-electron chi connectivity index (χ0n) is 12.6. The second kappa shape index (κ2) is 5.06. The fourth-order valence-corrected chi connectivity index (χ4v) is 3.19. The van der Waals surface area contributed by atoms with Crippen LogP contribution in [0.3, 0.4) is 0 Å². The van der Waals surface area contributed by atoms with Crippen molar-refractivity contribution in [2.24, 2.45) is 5.41 Å². The van der Waals surface area contributed by atoms with Crippen molar-refractivity contribution in [1.82, 2.24) is 0 Å². The predicted octanol–water partition coefficient (Wildman–Crippen LogP) is 4.57. The summed E-state index contributed by atoms with van der Waals surface area (Å²) in [4.78, 5) is 0. The third kappa shape index (κ3) is 2.48. The minimum Gasteiger partial charge on any atom is -0.494 e. The second-order valence-electron chi connectivity index (χ2n) is 6.29. The van der Waals surface area contributed by atoms with Gasteiger partial charge in [0.15, 0.2) is 11.6 Å². The molecule has 2 aromatic carbocycles. The molecule has 0 bridgehead atoms. The number of methoxy groups -OCH3 is 1. The molecule has 2 nitrogen and oxygen atoms in total. The summed E-state index contributed by atoms with van der Waals surface area (Å²) >= 11 is 0. The van der Waals surface area contributed by atoms with Crippen LogP contribution in [0.5, 0.6) is 5.75 Å². The van der Waals surface area contributed by atoms with Crippen LogP contribution in [-0.4, -0.2) is 7.11 Å². The Kier molecular flexibility index (Phi) is 3.36. The lowest BCUT2D eigenvalue weighted by Gasteiger charge is -2.29. The van der Waals surface area contributed by atoms with Gasteiger partial charge in [0.25, 0.3) is 0 Å². The molecule has 0 heterocycles. The van der Waals surface area contributed by atoms with Gasteiger partial charge >= 0.3 is 0 Å². The minimum absolute atomic E-state index is 0.0973. The number of halogens is 1. The average Bonchev–Trinajstić information content (AvgIpc) is 2.70. The van der Waals surface area contributed by atoms with Crippen molar-refractivity contribution in [3.05, 3.63) is 59.4 Å². The zero-order valence-corrected chi connectivity index (χ0v) is 12.6. The van der Waals surface area contributed by atoms with E-state index in [1.54, 1.807) is 6.07 Å². The number of benzene rings is 2. The Hall–Kier alpha value is -2.03. The Morgan fingerprint density at radius 3 is 2.67 bits per heavy atom. The van der Waals surface area contributed by atoms with E-state index in [1.165, 1.54) is 24.3 Å². The van der Waals surface area contributed by atoms with Crippen molar-refractivity contribution in [3.8, 4) is 5.75 Å². The maximum absolute atomic E-state index is 13.8. The molecule has 1 aliphatic rings. The Morgan fingerprint density at radius 2 is 1.95 bits per heavy atom. The van der Waals surface area contributed by atoms with Gasteiger partial charge in [-0.05, 0) is 35.1 Å². The number of hydrogen-bond acceptors (Lipinski definition) is 2. The standard InChI is InChI=1S/C18H20FNO/c1-18(2)11-12-6-4-5-7-14(12)17(18)20-13-8-9-16(21-3)15(19)10-13/h4-10,17,20H,11H2,1-3H3. The van der Waals surface area contributed by atoms with Crippen LogP contribution < -0.4 is 10.1 Å². The summed E-state index contributed by atoms with van der Waals surface area (Å²) in [6.45, 7) is 4.48. The normalized spacial score (nSPS) is 19.1. The quantitative estimate of drug-likeness (QED) is 0.892. The molecular formula is C18H20FNO. The van der Waals surface area contributed by atoms with Gasteiger partial charge in [0, 0.05) is 11.8 Å². The Morgan fingerprint density at radius 1 is 1.19 bits per heavy atom. The number of anilines is 1. The third-order valence-electron chi connectivity index (χ3n) is 4.26. The van der Waals surface area contributed by atoms with E-state index in [1.807, 2.05) is 6.07 Å². The monoisotopic (exact) mass is 285 g/mol. The first-order chi connectivity index (χ1) is 10.0. The summed E-state index contributed by atoms with van der Waals surface area (Å²) in [6, 6.07) is 13.7. The van der Waals surface area contributed by atoms with E-state index >= 15 is 0 Å². The number of rotatable bonds is 3. The molecule has 0 radical (unpaired) electrons. The highest BCUT2D eigenvalue weighted by Gasteiger charge is 2.38. The summed E-state index contributed by atoms with van der Waals surface area (Å²) in [5, 5.41) is 3.48. The Balaban J connectivity index is 1.92. The predicted molar refractivity (Wildman–Crippen MR) is 83.2 cm³/mol. The van der Waals surface area contributed by atoms with E-state index in [4.69, 9.17) is 4.74 Å². The molecule has 0 aliphatic heterocycles. The molecule has 21 heavy (non-hydrogen) atoms. The lowest BCUT2D eigenvalue weighted by Crippen LogP contribution is -2.24. The highest BCUT2D eigenvalue weighted by Crippen LogP contribution is 2.46. The highest BCUT2D eigenvalue weighted by molar-refractivity contribution is 5.52. The molecule has 110 valence electrons. The molecule has 1 atom stereocenters. The van der Waals surface area contributed by atoms with E-state index < -0.39 is 0 Å². The van der Waals surface area contributed by atoms with Crippen molar-refractivity contribution in [1.29, 1.82) is 0 Å². The molecule has 0 aromatic heterocycles. The van der Waals surface area contributed by atoms with Gasteiger partial charge in [-0.2, -0.15) is 0 Å². The van der Waals surface area contributed by atoms with Gasteiger partial charge in [0.1, 0.15) is 0 Å². The largest absolute Gasteiger partial charge is 0.494 e. The fourth-order valence-electron chi connectivity index (χ4n) is 3.19. The van der Waals surface area contributed by atoms with E-state index in [2.05, 4.69) is 43.4 Å². The lowest BCUT2D eigenvalue weighted by molar-refractivity contribution is 0.337. The Bertz CT molecular complexity index is 666. The van der Waals surface area contributed by atoms with Gasteiger partial charge in [-0.3, -0.25) is 0 Å². The maximum Gasteiger partial charge on any atom is 0.167 e. The van der Waals surface area contributed by atoms with Gasteiger partial charge in [-0.15, -0.1) is 0 Å². The second-order valence-corrected chi connectivity index (χ2v) is 6.29. The molecule has 0 saturated heterocycles. The van der Waals surface area contributed by atoms with Gasteiger partial charge in [-0.25, -0.2) is 4.39 Å². The molecule has 1 unspecified atom stereocenters. The topological polar surface area (TPSA) is 21.3 Å². The van der Waals surface area contributed by atoms with Crippen molar-refractivity contribution >= 4 is 5.69 Å². The summed E-state index contributed by atoms with van der Waals surface area (Å²) in [7, 11) is 1.47. The molecule has 2 aromatic rings. The summed E-state index contributed by atoms with van der Waals surface area (Å²) in [6.07, 6.45) is 1.03. The number of ether oxygens (including phenoxy) is 1. The molecule has 0 spiro atoms. The van der Waals surface area contributed by atoms with Crippen LogP contribution in [0, 0.1) is 11.2 Å². The van der Waals surface area contributed by atoms with Crippen molar-refractivity contribution in [2.75, 3.05) is 12.4 Å². The van der Waals surface area contributed by atoms with Crippen LogP contribution in [0.15, 0.2) is 42.5 Å². The minimum atomic E-state index is -0.341. The number of hydrogen-bond donors (Lipinski definition) is 1. The molecule has 1 N–H and O–H groups in total. The van der Waals surface area contributed by atoms with Crippen LogP contribution in [0.1, 0.15) is 31.0 Å². The summed E-state index contributed by atoms with van der Waals surface area (Å²) < 4.78 is 18.8. The van der Waals surface area contributed by atoms with Crippen LogP contribution >= 0.6 is 0 Å².